The van der Waals surface area contributed by atoms with Crippen molar-refractivity contribution in [3.63, 3.8) is 0 Å². The van der Waals surface area contributed by atoms with Gasteiger partial charge in [0.05, 0.1) is 12.5 Å². The number of hydrogen-bond donors (Lipinski definition) is 2. The fourth-order valence-electron chi connectivity index (χ4n) is 6.01. The van der Waals surface area contributed by atoms with Crippen molar-refractivity contribution in [1.29, 1.82) is 0 Å². The maximum Gasteiger partial charge on any atom is 0.156 e. The van der Waals surface area contributed by atoms with Crippen molar-refractivity contribution in [2.24, 2.45) is 28.2 Å². The van der Waals surface area contributed by atoms with E-state index in [9.17, 15) is 5.11 Å². The molecule has 2 aliphatic heterocycles. The lowest BCUT2D eigenvalue weighted by atomic mass is 9.45. The summed E-state index contributed by atoms with van der Waals surface area (Å²) >= 11 is 0. The number of likely N-dealkylation sites (N-methyl/N-ethyl adjacent to an activating group) is 1. The highest BCUT2D eigenvalue weighted by atomic mass is 16.5. The standard InChI is InChI=1S/C18H23N3O3/c1-21-8-7-17-14-10-3-4-12(23-2)15(14)24-16(17)11(20-19)5-6-18(17,22)13(21)9-10/h3-6,10,13-14,16,22H,7-9,19H2,1-2H3/t10?,13-,14?,16+,17+,18?/m1/s1. The van der Waals surface area contributed by atoms with Gasteiger partial charge in [0.25, 0.3) is 0 Å². The zero-order chi connectivity index (χ0) is 16.7. The minimum absolute atomic E-state index is 0.0715. The third kappa shape index (κ3) is 1.35. The zero-order valence-corrected chi connectivity index (χ0v) is 14.0. The lowest BCUT2D eigenvalue weighted by Gasteiger charge is -2.63. The van der Waals surface area contributed by atoms with Crippen LogP contribution in [0.3, 0.4) is 0 Å². The Bertz CT molecular complexity index is 727. The van der Waals surface area contributed by atoms with Crippen molar-refractivity contribution in [2.45, 2.75) is 30.6 Å². The van der Waals surface area contributed by atoms with Crippen LogP contribution in [0.5, 0.6) is 0 Å². The van der Waals surface area contributed by atoms with Gasteiger partial charge in [-0.25, -0.2) is 0 Å². The molecular weight excluding hydrogens is 306 g/mol. The van der Waals surface area contributed by atoms with Gasteiger partial charge in [-0.15, -0.1) is 0 Å². The Labute approximate surface area is 141 Å². The Kier molecular flexibility index (Phi) is 2.69. The van der Waals surface area contributed by atoms with Crippen LogP contribution in [-0.4, -0.2) is 54.2 Å². The number of likely N-dealkylation sites (tertiary alicyclic amines) is 1. The van der Waals surface area contributed by atoms with Gasteiger partial charge in [0.1, 0.15) is 17.1 Å². The van der Waals surface area contributed by atoms with Crippen LogP contribution in [0.2, 0.25) is 0 Å². The van der Waals surface area contributed by atoms with Gasteiger partial charge in [-0.3, -0.25) is 0 Å². The molecule has 6 nitrogen and oxygen atoms in total. The zero-order valence-electron chi connectivity index (χ0n) is 14.0. The molecule has 0 aromatic carbocycles. The first-order valence-corrected chi connectivity index (χ1v) is 8.59. The molecule has 0 amide bonds. The Morgan fingerprint density at radius 1 is 1.46 bits per heavy atom. The van der Waals surface area contributed by atoms with E-state index < -0.39 is 11.0 Å². The van der Waals surface area contributed by atoms with E-state index in [1.165, 1.54) is 0 Å². The van der Waals surface area contributed by atoms with E-state index >= 15 is 0 Å². The van der Waals surface area contributed by atoms with E-state index in [1.54, 1.807) is 7.11 Å². The SMILES string of the molecule is COC1=C2O[C@H]3C(=NN)C=CC4(O)[C@H]5CC(C=C1)C2[C@@]34CCN5C. The maximum atomic E-state index is 11.8. The quantitative estimate of drug-likeness (QED) is 0.548. The summed E-state index contributed by atoms with van der Waals surface area (Å²) in [5.74, 6) is 7.72. The van der Waals surface area contributed by atoms with Gasteiger partial charge in [-0.2, -0.15) is 5.10 Å². The van der Waals surface area contributed by atoms with E-state index in [4.69, 9.17) is 15.3 Å². The summed E-state index contributed by atoms with van der Waals surface area (Å²) in [6.45, 7) is 0.932. The number of piperidine rings is 1. The topological polar surface area (TPSA) is 80.3 Å². The number of nitrogens with zero attached hydrogens (tertiary/aromatic N) is 2. The van der Waals surface area contributed by atoms with Crippen LogP contribution in [0.4, 0.5) is 0 Å². The fourth-order valence-corrected chi connectivity index (χ4v) is 6.01. The molecule has 128 valence electrons. The molecule has 0 aromatic heterocycles. The Morgan fingerprint density at radius 2 is 2.29 bits per heavy atom. The van der Waals surface area contributed by atoms with Gasteiger partial charge in [-0.05, 0) is 50.6 Å². The monoisotopic (exact) mass is 329 g/mol. The van der Waals surface area contributed by atoms with Crippen LogP contribution in [0.25, 0.3) is 0 Å². The molecule has 1 spiro atoms. The van der Waals surface area contributed by atoms with Crippen molar-refractivity contribution in [3.8, 4) is 0 Å². The average molecular weight is 329 g/mol. The Morgan fingerprint density at radius 3 is 3.04 bits per heavy atom. The van der Waals surface area contributed by atoms with Gasteiger partial charge < -0.3 is 25.3 Å². The third-order valence-electron chi connectivity index (χ3n) is 7.02. The van der Waals surface area contributed by atoms with E-state index in [0.29, 0.717) is 11.6 Å². The molecule has 5 aliphatic rings. The van der Waals surface area contributed by atoms with Gasteiger partial charge in [0.2, 0.25) is 0 Å². The highest BCUT2D eigenvalue weighted by Gasteiger charge is 2.75. The molecule has 6 atom stereocenters. The normalized spacial score (nSPS) is 50.0. The van der Waals surface area contributed by atoms with Gasteiger partial charge in [0.15, 0.2) is 11.9 Å². The largest absolute Gasteiger partial charge is 0.493 e. The molecule has 5 rings (SSSR count). The number of ether oxygens (including phenoxy) is 2. The molecule has 2 saturated heterocycles. The summed E-state index contributed by atoms with van der Waals surface area (Å²) in [6.07, 6.45) is 9.44. The van der Waals surface area contributed by atoms with Gasteiger partial charge in [-0.1, -0.05) is 6.08 Å². The minimum atomic E-state index is -0.939. The first-order valence-electron chi connectivity index (χ1n) is 8.59. The van der Waals surface area contributed by atoms with Crippen molar-refractivity contribution in [1.82, 2.24) is 4.90 Å². The summed E-state index contributed by atoms with van der Waals surface area (Å²) in [7, 11) is 3.77. The van der Waals surface area contributed by atoms with Crippen molar-refractivity contribution in [3.05, 3.63) is 35.8 Å². The van der Waals surface area contributed by atoms with Gasteiger partial charge in [0, 0.05) is 12.0 Å². The predicted molar refractivity (Wildman–Crippen MR) is 88.8 cm³/mol. The van der Waals surface area contributed by atoms with Crippen LogP contribution in [-0.2, 0) is 9.47 Å². The molecule has 6 heteroatoms. The van der Waals surface area contributed by atoms with E-state index in [-0.39, 0.29) is 18.1 Å². The highest BCUT2D eigenvalue weighted by Crippen LogP contribution is 2.68. The molecular formula is C18H23N3O3. The predicted octanol–water partition coefficient (Wildman–Crippen LogP) is 0.755. The fraction of sp³-hybridized carbons (Fsp3) is 0.611. The smallest absolute Gasteiger partial charge is 0.156 e. The van der Waals surface area contributed by atoms with E-state index in [2.05, 4.69) is 23.1 Å². The molecule has 2 bridgehead atoms. The van der Waals surface area contributed by atoms with Crippen molar-refractivity contribution >= 4 is 5.71 Å². The second-order valence-corrected chi connectivity index (χ2v) is 7.67. The second kappa shape index (κ2) is 4.43. The molecule has 3 aliphatic carbocycles. The highest BCUT2D eigenvalue weighted by molar-refractivity contribution is 6.01. The summed E-state index contributed by atoms with van der Waals surface area (Å²) in [5, 5.41) is 15.8. The number of hydrazone groups is 1. The van der Waals surface area contributed by atoms with Crippen LogP contribution < -0.4 is 5.84 Å². The number of nitrogens with two attached hydrogens (primary N) is 1. The first-order chi connectivity index (χ1) is 11.6. The Hall–Kier alpha value is -1.79. The molecule has 2 heterocycles. The maximum absolute atomic E-state index is 11.8. The average Bonchev–Trinajstić information content (AvgIpc) is 2.93. The number of allylic oxidation sites excluding steroid dienone is 3. The van der Waals surface area contributed by atoms with E-state index in [1.807, 2.05) is 18.2 Å². The molecule has 24 heavy (non-hydrogen) atoms. The molecule has 0 aromatic rings. The lowest BCUT2D eigenvalue weighted by Crippen LogP contribution is -2.74. The minimum Gasteiger partial charge on any atom is -0.493 e. The van der Waals surface area contributed by atoms with Crippen molar-refractivity contribution in [2.75, 3.05) is 20.7 Å². The van der Waals surface area contributed by atoms with Gasteiger partial charge >= 0.3 is 0 Å². The molecule has 1 saturated carbocycles. The number of hydrogen-bond acceptors (Lipinski definition) is 6. The summed E-state index contributed by atoms with van der Waals surface area (Å²) in [6, 6.07) is 0.0715. The molecule has 3 N–H and O–H groups in total. The van der Waals surface area contributed by atoms with Crippen LogP contribution in [0, 0.1) is 17.3 Å². The lowest BCUT2D eigenvalue weighted by molar-refractivity contribution is -0.194. The van der Waals surface area contributed by atoms with Crippen LogP contribution in [0.1, 0.15) is 12.8 Å². The summed E-state index contributed by atoms with van der Waals surface area (Å²) < 4.78 is 12.0. The Balaban J connectivity index is 1.80. The molecule has 0 radical (unpaired) electrons. The first kappa shape index (κ1) is 14.5. The number of aliphatic hydroxyl groups is 1. The van der Waals surface area contributed by atoms with Crippen LogP contribution >= 0.6 is 0 Å². The number of methoxy groups -OCH3 is 1. The molecule has 3 fully saturated rings. The third-order valence-corrected chi connectivity index (χ3v) is 7.02. The van der Waals surface area contributed by atoms with E-state index in [0.717, 1.165) is 30.9 Å². The molecule has 3 unspecified atom stereocenters. The summed E-state index contributed by atoms with van der Waals surface area (Å²) in [5.41, 5.74) is -0.656. The van der Waals surface area contributed by atoms with Crippen LogP contribution in [0.15, 0.2) is 40.9 Å². The number of rotatable bonds is 1. The second-order valence-electron chi connectivity index (χ2n) is 7.67. The summed E-state index contributed by atoms with van der Waals surface area (Å²) in [4.78, 5) is 2.29. The van der Waals surface area contributed by atoms with Crippen molar-refractivity contribution < 1.29 is 14.6 Å².